The van der Waals surface area contributed by atoms with Gasteiger partial charge in [0.1, 0.15) is 5.60 Å². The van der Waals surface area contributed by atoms with Crippen molar-refractivity contribution in [2.24, 2.45) is 17.8 Å². The Balaban J connectivity index is 0.834. The summed E-state index contributed by atoms with van der Waals surface area (Å²) in [6.07, 6.45) is 18.4. The number of hydrogen-bond acceptors (Lipinski definition) is 16. The second-order valence-corrected chi connectivity index (χ2v) is 24.0. The predicted molar refractivity (Wildman–Crippen MR) is 303 cm³/mol. The summed E-state index contributed by atoms with van der Waals surface area (Å²) in [5.74, 6) is -2.13. The smallest absolute Gasteiger partial charge is 0.309 e. The van der Waals surface area contributed by atoms with E-state index in [1.165, 1.54) is 7.11 Å². The fourth-order valence-corrected chi connectivity index (χ4v) is 11.9. The Morgan fingerprint density at radius 2 is 1.07 bits per heavy atom. The highest BCUT2D eigenvalue weighted by molar-refractivity contribution is 5.90. The first-order chi connectivity index (χ1) is 39.4. The SMILES string of the molecule is COC(=O)C1CCC(NC(=O)CCCOC2CCC(OCCNC(=O)CN(CCNC(=O)[C@H]3CC(=O)N(C)[C@@H]3c3cccnc3)CC(=O)NCCOC3CCC(OCCCC(=O)NC4CCC(C(=O)OC(C)(C)C)CC4)CC3)CC2)CC1. The molecule has 460 valence electrons. The number of likely N-dealkylation sites (tertiary alicyclic amines) is 1. The first kappa shape index (κ1) is 65.9. The molecule has 1 aromatic heterocycles. The maximum absolute atomic E-state index is 13.6. The van der Waals surface area contributed by atoms with E-state index < -0.39 is 17.6 Å². The van der Waals surface area contributed by atoms with Crippen LogP contribution in [0.25, 0.3) is 0 Å². The molecule has 2 atom stereocenters. The number of nitrogens with zero attached hydrogens (tertiary/aromatic N) is 3. The van der Waals surface area contributed by atoms with Crippen molar-refractivity contribution in [2.45, 2.75) is 204 Å². The van der Waals surface area contributed by atoms with E-state index in [2.05, 4.69) is 31.6 Å². The lowest BCUT2D eigenvalue weighted by atomic mass is 9.86. The number of rotatable bonds is 31. The number of carbonyl (C=O) groups is 8. The Kier molecular flexibility index (Phi) is 27.7. The molecule has 4 aliphatic carbocycles. The topological polar surface area (TPSA) is 271 Å². The third-order valence-corrected chi connectivity index (χ3v) is 16.5. The number of methoxy groups -OCH3 is 1. The maximum Gasteiger partial charge on any atom is 0.309 e. The lowest BCUT2D eigenvalue weighted by molar-refractivity contribution is -0.161. The van der Waals surface area contributed by atoms with E-state index in [0.717, 1.165) is 95.5 Å². The van der Waals surface area contributed by atoms with Crippen LogP contribution in [0.1, 0.15) is 167 Å². The van der Waals surface area contributed by atoms with E-state index >= 15 is 0 Å². The molecular formula is C60H96N8O14. The minimum atomic E-state index is -0.628. The zero-order chi connectivity index (χ0) is 58.9. The van der Waals surface area contributed by atoms with E-state index in [9.17, 15) is 38.4 Å². The average molecular weight is 1150 g/mol. The monoisotopic (exact) mass is 1150 g/mol. The van der Waals surface area contributed by atoms with Crippen molar-refractivity contribution >= 4 is 47.4 Å². The van der Waals surface area contributed by atoms with Gasteiger partial charge in [-0.1, -0.05) is 6.07 Å². The highest BCUT2D eigenvalue weighted by Gasteiger charge is 2.43. The minimum absolute atomic E-state index is 0.0107. The molecule has 0 spiro atoms. The van der Waals surface area contributed by atoms with E-state index in [0.29, 0.717) is 65.0 Å². The zero-order valence-electron chi connectivity index (χ0n) is 49.6. The first-order valence-electron chi connectivity index (χ1n) is 30.5. The second kappa shape index (κ2) is 34.5. The predicted octanol–water partition coefficient (Wildman–Crippen LogP) is 4.37. The van der Waals surface area contributed by atoms with Crippen LogP contribution in [0.3, 0.4) is 0 Å². The van der Waals surface area contributed by atoms with Gasteiger partial charge in [0, 0.05) is 90.2 Å². The van der Waals surface area contributed by atoms with Crippen molar-refractivity contribution < 1.29 is 66.8 Å². The third kappa shape index (κ3) is 23.4. The summed E-state index contributed by atoms with van der Waals surface area (Å²) in [4.78, 5) is 110. The normalized spacial score (nSPS) is 25.9. The van der Waals surface area contributed by atoms with Gasteiger partial charge in [-0.05, 0) is 148 Å². The van der Waals surface area contributed by atoms with Gasteiger partial charge in [-0.15, -0.1) is 0 Å². The molecule has 6 rings (SSSR count). The number of esters is 2. The van der Waals surface area contributed by atoms with Crippen LogP contribution in [-0.4, -0.2) is 184 Å². The van der Waals surface area contributed by atoms with Crippen LogP contribution in [-0.2, 0) is 66.8 Å². The standard InChI is InChI=1S/C60H96N8O14/c1-60(2,3)82-59(76)42-14-18-45(19-15-42)66-52(70)11-8-34-79-47-22-26-49(27-23-47)81-36-31-63-54(72)40-68(32-29-64-57(74)50-37-55(73)67(4)56(50)43-9-6-28-61-38-43)39-53(71)62-30-35-80-48-24-20-46(21-25-48)78-33-7-10-51(69)65-44-16-12-41(13-17-44)58(75)77-5/h6,9,28,38,41-42,44-50,56H,7-8,10-27,29-37,39-40H2,1-5H3,(H,62,71)(H,63,72)(H,64,74)(H,65,69)(H,66,70)/t41?,42?,44?,45?,46?,47?,48?,49?,50-,56+/m0/s1. The van der Waals surface area contributed by atoms with Gasteiger partial charge in [-0.25, -0.2) is 0 Å². The van der Waals surface area contributed by atoms with Gasteiger partial charge in [0.25, 0.3) is 0 Å². The Morgan fingerprint density at radius 3 is 1.51 bits per heavy atom. The fourth-order valence-electron chi connectivity index (χ4n) is 11.9. The van der Waals surface area contributed by atoms with Gasteiger partial charge in [0.2, 0.25) is 35.4 Å². The van der Waals surface area contributed by atoms with Crippen molar-refractivity contribution in [3.8, 4) is 0 Å². The van der Waals surface area contributed by atoms with Crippen molar-refractivity contribution in [1.29, 1.82) is 0 Å². The fraction of sp³-hybridized carbons (Fsp3) is 0.783. The van der Waals surface area contributed by atoms with E-state index in [4.69, 9.17) is 28.4 Å². The molecule has 82 heavy (non-hydrogen) atoms. The summed E-state index contributed by atoms with van der Waals surface area (Å²) in [7, 11) is 3.09. The summed E-state index contributed by atoms with van der Waals surface area (Å²) in [6, 6.07) is 3.33. The lowest BCUT2D eigenvalue weighted by Gasteiger charge is -2.30. The van der Waals surface area contributed by atoms with Crippen molar-refractivity contribution in [1.82, 2.24) is 41.4 Å². The summed E-state index contributed by atoms with van der Waals surface area (Å²) < 4.78 is 34.9. The molecule has 4 saturated carbocycles. The molecule has 1 aliphatic heterocycles. The summed E-state index contributed by atoms with van der Waals surface area (Å²) in [5.41, 5.74) is 0.263. The van der Waals surface area contributed by atoms with Crippen LogP contribution in [0, 0.1) is 17.8 Å². The number of aromatic nitrogens is 1. The molecule has 6 amide bonds. The lowest BCUT2D eigenvalue weighted by Crippen LogP contribution is -2.47. The Bertz CT molecular complexity index is 2170. The molecule has 0 radical (unpaired) electrons. The molecule has 22 heteroatoms. The van der Waals surface area contributed by atoms with E-state index in [1.54, 1.807) is 35.3 Å². The van der Waals surface area contributed by atoms with Crippen LogP contribution in [0.15, 0.2) is 24.5 Å². The van der Waals surface area contributed by atoms with E-state index in [1.807, 2.05) is 26.8 Å². The van der Waals surface area contributed by atoms with Crippen molar-refractivity contribution in [3.63, 3.8) is 0 Å². The number of nitrogens with one attached hydrogen (secondary N) is 5. The van der Waals surface area contributed by atoms with E-state index in [-0.39, 0.29) is 141 Å². The van der Waals surface area contributed by atoms with Gasteiger partial charge in [0.05, 0.1) is 81.6 Å². The second-order valence-electron chi connectivity index (χ2n) is 24.0. The van der Waals surface area contributed by atoms with Gasteiger partial charge in [-0.3, -0.25) is 48.2 Å². The zero-order valence-corrected chi connectivity index (χ0v) is 49.6. The van der Waals surface area contributed by atoms with Gasteiger partial charge < -0.3 is 59.9 Å². The molecule has 1 saturated heterocycles. The van der Waals surface area contributed by atoms with Crippen molar-refractivity contribution in [3.05, 3.63) is 30.1 Å². The van der Waals surface area contributed by atoms with Crippen LogP contribution in [0.5, 0.6) is 0 Å². The Hall–Kier alpha value is -5.29. The molecule has 5 aliphatic rings. The molecule has 2 heterocycles. The molecule has 0 unspecified atom stereocenters. The molecule has 0 aromatic carbocycles. The largest absolute Gasteiger partial charge is 0.469 e. The number of hydrogen-bond donors (Lipinski definition) is 5. The minimum Gasteiger partial charge on any atom is -0.469 e. The van der Waals surface area contributed by atoms with Crippen LogP contribution in [0.2, 0.25) is 0 Å². The first-order valence-corrected chi connectivity index (χ1v) is 30.5. The maximum atomic E-state index is 13.6. The molecule has 22 nitrogen and oxygen atoms in total. The van der Waals surface area contributed by atoms with Gasteiger partial charge >= 0.3 is 11.9 Å². The summed E-state index contributed by atoms with van der Waals surface area (Å²) >= 11 is 0. The van der Waals surface area contributed by atoms with Crippen LogP contribution in [0.4, 0.5) is 0 Å². The average Bonchev–Trinajstić information content (AvgIpc) is 4.00. The highest BCUT2D eigenvalue weighted by Crippen LogP contribution is 2.37. The van der Waals surface area contributed by atoms with Gasteiger partial charge in [0.15, 0.2) is 0 Å². The molecule has 5 N–H and O–H groups in total. The molecule has 1 aromatic rings. The molecule has 5 fully saturated rings. The summed E-state index contributed by atoms with van der Waals surface area (Å²) in [5, 5.41) is 15.0. The van der Waals surface area contributed by atoms with Crippen molar-refractivity contribution in [2.75, 3.05) is 79.9 Å². The number of carbonyl (C=O) groups excluding carboxylic acids is 8. The Labute approximate surface area is 485 Å². The number of ether oxygens (including phenoxy) is 6. The molecular weight excluding hydrogens is 1060 g/mol. The summed E-state index contributed by atoms with van der Waals surface area (Å²) in [6.45, 7) is 8.00. The number of pyridine rings is 1. The van der Waals surface area contributed by atoms with Gasteiger partial charge in [-0.2, -0.15) is 0 Å². The highest BCUT2D eigenvalue weighted by atomic mass is 16.6. The molecule has 0 bridgehead atoms. The quantitative estimate of drug-likeness (QED) is 0.0510. The third-order valence-electron chi connectivity index (χ3n) is 16.5. The number of amides is 6. The Morgan fingerprint density at radius 1 is 0.610 bits per heavy atom. The van der Waals surface area contributed by atoms with Crippen LogP contribution < -0.4 is 26.6 Å². The van der Waals surface area contributed by atoms with Crippen LogP contribution >= 0.6 is 0 Å².